The Hall–Kier alpha value is -2.49. The molecule has 0 radical (unpaired) electrons. The van der Waals surface area contributed by atoms with Gasteiger partial charge in [0.15, 0.2) is 0 Å². The number of phenols is 1. The molecule has 0 fully saturated rings. The number of carbonyl (C=O) groups excluding carboxylic acids is 1. The van der Waals surface area contributed by atoms with Crippen molar-refractivity contribution >= 4 is 17.3 Å². The summed E-state index contributed by atoms with van der Waals surface area (Å²) in [7, 11) is 0. The van der Waals surface area contributed by atoms with E-state index in [1.807, 2.05) is 32.0 Å². The highest BCUT2D eigenvalue weighted by molar-refractivity contribution is 6.06. The van der Waals surface area contributed by atoms with E-state index in [4.69, 9.17) is 5.73 Å². The number of nitrogens with one attached hydrogen (secondary N) is 1. The summed E-state index contributed by atoms with van der Waals surface area (Å²) in [6.45, 7) is 3.92. The second kappa shape index (κ2) is 5.02. The Kier molecular flexibility index (Phi) is 3.42. The standard InChI is InChI=1S/C15H16N2O2/c1-9-4-3-5-13(10(9)2)17-15(19)12-7-6-11(16)8-14(12)18/h3-8,18H,16H2,1-2H3,(H,17,19). The fraction of sp³-hybridized carbons (Fsp3) is 0.133. The SMILES string of the molecule is Cc1cccc(NC(=O)c2ccc(N)cc2O)c1C. The average molecular weight is 256 g/mol. The van der Waals surface area contributed by atoms with Crippen molar-refractivity contribution in [1.29, 1.82) is 0 Å². The van der Waals surface area contributed by atoms with Crippen LogP contribution in [0.1, 0.15) is 21.5 Å². The largest absolute Gasteiger partial charge is 0.507 e. The van der Waals surface area contributed by atoms with E-state index < -0.39 is 0 Å². The molecular weight excluding hydrogens is 240 g/mol. The molecule has 0 heterocycles. The molecule has 19 heavy (non-hydrogen) atoms. The van der Waals surface area contributed by atoms with Crippen LogP contribution in [-0.2, 0) is 0 Å². The summed E-state index contributed by atoms with van der Waals surface area (Å²) in [5.74, 6) is -0.478. The molecule has 4 heteroatoms. The molecule has 0 aliphatic rings. The van der Waals surface area contributed by atoms with Gasteiger partial charge in [-0.3, -0.25) is 4.79 Å². The fourth-order valence-electron chi connectivity index (χ4n) is 1.82. The number of nitrogen functional groups attached to an aromatic ring is 1. The van der Waals surface area contributed by atoms with E-state index in [1.165, 1.54) is 12.1 Å². The van der Waals surface area contributed by atoms with E-state index >= 15 is 0 Å². The lowest BCUT2D eigenvalue weighted by molar-refractivity contribution is 0.102. The van der Waals surface area contributed by atoms with Crippen molar-refractivity contribution in [3.8, 4) is 5.75 Å². The van der Waals surface area contributed by atoms with Gasteiger partial charge in [-0.15, -0.1) is 0 Å². The molecule has 0 aliphatic heterocycles. The normalized spacial score (nSPS) is 10.2. The van der Waals surface area contributed by atoms with Crippen LogP contribution >= 0.6 is 0 Å². The van der Waals surface area contributed by atoms with Crippen LogP contribution in [0.2, 0.25) is 0 Å². The number of anilines is 2. The zero-order valence-electron chi connectivity index (χ0n) is 10.9. The Labute approximate surface area is 111 Å². The van der Waals surface area contributed by atoms with Gasteiger partial charge in [0.2, 0.25) is 0 Å². The summed E-state index contributed by atoms with van der Waals surface area (Å²) >= 11 is 0. The van der Waals surface area contributed by atoms with Crippen LogP contribution in [-0.4, -0.2) is 11.0 Å². The average Bonchev–Trinajstić information content (AvgIpc) is 2.34. The summed E-state index contributed by atoms with van der Waals surface area (Å²) in [6.07, 6.45) is 0. The third-order valence-electron chi connectivity index (χ3n) is 3.12. The Morgan fingerprint density at radius 2 is 1.95 bits per heavy atom. The quantitative estimate of drug-likeness (QED) is 0.723. The number of hydrogen-bond donors (Lipinski definition) is 3. The first-order chi connectivity index (χ1) is 8.99. The minimum absolute atomic E-state index is 0.122. The van der Waals surface area contributed by atoms with Gasteiger partial charge in [0.25, 0.3) is 5.91 Å². The van der Waals surface area contributed by atoms with Gasteiger partial charge >= 0.3 is 0 Å². The van der Waals surface area contributed by atoms with E-state index in [1.54, 1.807) is 6.07 Å². The molecule has 0 aromatic heterocycles. The van der Waals surface area contributed by atoms with E-state index in [0.717, 1.165) is 16.8 Å². The predicted octanol–water partition coefficient (Wildman–Crippen LogP) is 2.84. The summed E-state index contributed by atoms with van der Waals surface area (Å²) in [5, 5.41) is 12.5. The lowest BCUT2D eigenvalue weighted by atomic mass is 10.1. The van der Waals surface area contributed by atoms with E-state index in [9.17, 15) is 9.90 Å². The van der Waals surface area contributed by atoms with Crippen LogP contribution in [0.25, 0.3) is 0 Å². The van der Waals surface area contributed by atoms with Gasteiger partial charge in [-0.2, -0.15) is 0 Å². The third-order valence-corrected chi connectivity index (χ3v) is 3.12. The van der Waals surface area contributed by atoms with Crippen molar-refractivity contribution in [1.82, 2.24) is 0 Å². The van der Waals surface area contributed by atoms with Crippen molar-refractivity contribution in [3.05, 3.63) is 53.1 Å². The molecule has 98 valence electrons. The lowest BCUT2D eigenvalue weighted by Gasteiger charge is -2.11. The molecule has 4 nitrogen and oxygen atoms in total. The van der Waals surface area contributed by atoms with Crippen LogP contribution < -0.4 is 11.1 Å². The number of nitrogens with two attached hydrogens (primary N) is 1. The van der Waals surface area contributed by atoms with Crippen molar-refractivity contribution in [2.45, 2.75) is 13.8 Å². The molecule has 0 spiro atoms. The zero-order chi connectivity index (χ0) is 14.0. The zero-order valence-corrected chi connectivity index (χ0v) is 10.9. The maximum atomic E-state index is 12.1. The second-order valence-corrected chi connectivity index (χ2v) is 4.48. The number of aromatic hydroxyl groups is 1. The van der Waals surface area contributed by atoms with E-state index in [0.29, 0.717) is 5.69 Å². The van der Waals surface area contributed by atoms with Crippen LogP contribution in [0, 0.1) is 13.8 Å². The highest BCUT2D eigenvalue weighted by Crippen LogP contribution is 2.23. The molecule has 0 saturated heterocycles. The van der Waals surface area contributed by atoms with Crippen LogP contribution in [0.5, 0.6) is 5.75 Å². The first kappa shape index (κ1) is 13.0. The van der Waals surface area contributed by atoms with E-state index in [2.05, 4.69) is 5.32 Å². The lowest BCUT2D eigenvalue weighted by Crippen LogP contribution is -2.13. The highest BCUT2D eigenvalue weighted by Gasteiger charge is 2.12. The fourth-order valence-corrected chi connectivity index (χ4v) is 1.82. The molecule has 2 rings (SSSR count). The number of phenolic OH excluding ortho intramolecular Hbond substituents is 1. The van der Waals surface area contributed by atoms with Crippen molar-refractivity contribution in [3.63, 3.8) is 0 Å². The summed E-state index contributed by atoms with van der Waals surface area (Å²) in [5.41, 5.74) is 8.99. The molecule has 0 unspecified atom stereocenters. The molecule has 1 amide bonds. The van der Waals surface area contributed by atoms with Gasteiger partial charge in [-0.1, -0.05) is 12.1 Å². The third kappa shape index (κ3) is 2.68. The van der Waals surface area contributed by atoms with Crippen molar-refractivity contribution in [2.75, 3.05) is 11.1 Å². The summed E-state index contributed by atoms with van der Waals surface area (Å²) in [6, 6.07) is 10.1. The molecule has 0 aliphatic carbocycles. The Bertz CT molecular complexity index is 636. The van der Waals surface area contributed by atoms with Crippen molar-refractivity contribution < 1.29 is 9.90 Å². The van der Waals surface area contributed by atoms with Crippen molar-refractivity contribution in [2.24, 2.45) is 0 Å². The first-order valence-corrected chi connectivity index (χ1v) is 5.95. The molecule has 0 bridgehead atoms. The molecule has 2 aromatic carbocycles. The molecular formula is C15H16N2O2. The minimum Gasteiger partial charge on any atom is -0.507 e. The molecule has 4 N–H and O–H groups in total. The monoisotopic (exact) mass is 256 g/mol. The van der Waals surface area contributed by atoms with Gasteiger partial charge in [0.1, 0.15) is 5.75 Å². The first-order valence-electron chi connectivity index (χ1n) is 5.95. The number of amides is 1. The Morgan fingerprint density at radius 3 is 2.63 bits per heavy atom. The van der Waals surface area contributed by atoms with Crippen LogP contribution in [0.3, 0.4) is 0 Å². The number of carbonyl (C=O) groups is 1. The van der Waals surface area contributed by atoms with Gasteiger partial charge < -0.3 is 16.2 Å². The second-order valence-electron chi connectivity index (χ2n) is 4.48. The summed E-state index contributed by atoms with van der Waals surface area (Å²) < 4.78 is 0. The smallest absolute Gasteiger partial charge is 0.259 e. The molecule has 2 aromatic rings. The molecule has 0 saturated carbocycles. The number of hydrogen-bond acceptors (Lipinski definition) is 3. The van der Waals surface area contributed by atoms with Crippen LogP contribution in [0.15, 0.2) is 36.4 Å². The topological polar surface area (TPSA) is 75.4 Å². The van der Waals surface area contributed by atoms with Gasteiger partial charge in [0.05, 0.1) is 5.56 Å². The minimum atomic E-state index is -0.355. The Balaban J connectivity index is 2.28. The number of benzene rings is 2. The van der Waals surface area contributed by atoms with E-state index in [-0.39, 0.29) is 17.2 Å². The number of rotatable bonds is 2. The van der Waals surface area contributed by atoms with Crippen LogP contribution in [0.4, 0.5) is 11.4 Å². The van der Waals surface area contributed by atoms with Gasteiger partial charge in [0, 0.05) is 17.4 Å². The number of aryl methyl sites for hydroxylation is 1. The van der Waals surface area contributed by atoms with Gasteiger partial charge in [-0.05, 0) is 43.2 Å². The summed E-state index contributed by atoms with van der Waals surface area (Å²) in [4.78, 5) is 12.1. The molecule has 0 atom stereocenters. The maximum absolute atomic E-state index is 12.1. The predicted molar refractivity (Wildman–Crippen MR) is 76.4 cm³/mol. The maximum Gasteiger partial charge on any atom is 0.259 e. The van der Waals surface area contributed by atoms with Gasteiger partial charge in [-0.25, -0.2) is 0 Å². The Morgan fingerprint density at radius 1 is 1.21 bits per heavy atom. The highest BCUT2D eigenvalue weighted by atomic mass is 16.3.